The van der Waals surface area contributed by atoms with Crippen molar-refractivity contribution in [1.29, 1.82) is 0 Å². The average Bonchev–Trinajstić information content (AvgIpc) is 2.42. The van der Waals surface area contributed by atoms with Crippen LogP contribution < -0.4 is 4.89 Å². The molecule has 0 saturated carbocycles. The number of hydrogen-bond acceptors (Lipinski definition) is 2. The van der Waals surface area contributed by atoms with E-state index in [4.69, 9.17) is 0 Å². The lowest BCUT2D eigenvalue weighted by Gasteiger charge is -2.13. The van der Waals surface area contributed by atoms with Crippen molar-refractivity contribution < 1.29 is 9.46 Å². The first kappa shape index (κ1) is 14.9. The summed E-state index contributed by atoms with van der Waals surface area (Å²) in [6.07, 6.45) is 1.42. The minimum atomic E-state index is -2.46. The second kappa shape index (κ2) is 6.78. The van der Waals surface area contributed by atoms with Crippen LogP contribution in [0.25, 0.3) is 0 Å². The summed E-state index contributed by atoms with van der Waals surface area (Å²) in [7, 11) is -2.46. The van der Waals surface area contributed by atoms with Crippen LogP contribution in [0.5, 0.6) is 0 Å². The summed E-state index contributed by atoms with van der Waals surface area (Å²) in [5.74, 6) is 0. The minimum absolute atomic E-state index is 0.397. The minimum Gasteiger partial charge on any atom is -0.595 e. The van der Waals surface area contributed by atoms with Crippen LogP contribution in [0.2, 0.25) is 0 Å². The smallest absolute Gasteiger partial charge is 0.316 e. The average molecular weight is 286 g/mol. The fraction of sp³-hybridized carbons (Fsp3) is 0.294. The third kappa shape index (κ3) is 3.53. The van der Waals surface area contributed by atoms with Gasteiger partial charge in [0, 0.05) is 12.0 Å². The van der Waals surface area contributed by atoms with Crippen molar-refractivity contribution in [2.24, 2.45) is 0 Å². The molecule has 0 aliphatic carbocycles. The molecular weight excluding hydrogens is 267 g/mol. The van der Waals surface area contributed by atoms with Gasteiger partial charge in [0.2, 0.25) is 0 Å². The molecule has 0 aliphatic rings. The van der Waals surface area contributed by atoms with Crippen molar-refractivity contribution in [2.45, 2.75) is 32.3 Å². The molecule has 2 unspecified atom stereocenters. The van der Waals surface area contributed by atoms with Crippen LogP contribution in [0.4, 0.5) is 0 Å². The van der Waals surface area contributed by atoms with Crippen molar-refractivity contribution in [3.63, 3.8) is 0 Å². The van der Waals surface area contributed by atoms with Gasteiger partial charge in [0.25, 0.3) is 0 Å². The van der Waals surface area contributed by atoms with E-state index in [1.807, 2.05) is 43.3 Å². The molecule has 0 heterocycles. The molecule has 3 heteroatoms. The Bertz CT molecular complexity index is 607. The van der Waals surface area contributed by atoms with Gasteiger partial charge in [0.05, 0.1) is 0 Å². The van der Waals surface area contributed by atoms with E-state index >= 15 is 0 Å². The van der Waals surface area contributed by atoms with Gasteiger partial charge in [-0.05, 0) is 37.0 Å². The number of aryl methyl sites for hydroxylation is 3. The fourth-order valence-corrected chi connectivity index (χ4v) is 3.37. The summed E-state index contributed by atoms with van der Waals surface area (Å²) in [6.45, 7) is 4.03. The van der Waals surface area contributed by atoms with Gasteiger partial charge in [0.1, 0.15) is 0 Å². The highest BCUT2D eigenvalue weighted by Gasteiger charge is 2.25. The summed E-state index contributed by atoms with van der Waals surface area (Å²) in [6, 6.07) is 15.9. The standard InChI is InChI=1S/C17H19O2P/c1-13-7-3-5-9-15(13)11-12-17(20(18)19)16-10-6-4-8-14(16)2/h3-10,17H,11-12H2,1-2H3. The summed E-state index contributed by atoms with van der Waals surface area (Å²) in [5, 5.41) is 0. The zero-order valence-electron chi connectivity index (χ0n) is 11.9. The Hall–Kier alpha value is -1.50. The Kier molecular flexibility index (Phi) is 5.05. The first-order chi connectivity index (χ1) is 9.59. The predicted molar refractivity (Wildman–Crippen MR) is 81.0 cm³/mol. The first-order valence-electron chi connectivity index (χ1n) is 6.83. The van der Waals surface area contributed by atoms with Crippen LogP contribution in [0.15, 0.2) is 48.5 Å². The Morgan fingerprint density at radius 3 is 2.20 bits per heavy atom. The molecule has 2 rings (SSSR count). The van der Waals surface area contributed by atoms with Crippen LogP contribution in [0, 0.1) is 13.8 Å². The first-order valence-corrected chi connectivity index (χ1v) is 8.08. The van der Waals surface area contributed by atoms with Crippen molar-refractivity contribution in [3.8, 4) is 0 Å². The van der Waals surface area contributed by atoms with E-state index in [-0.39, 0.29) is 0 Å². The molecule has 0 saturated heterocycles. The topological polar surface area (TPSA) is 40.1 Å². The van der Waals surface area contributed by atoms with Crippen molar-refractivity contribution >= 4 is 8.03 Å². The van der Waals surface area contributed by atoms with E-state index in [9.17, 15) is 9.46 Å². The van der Waals surface area contributed by atoms with E-state index in [1.54, 1.807) is 0 Å². The van der Waals surface area contributed by atoms with Crippen molar-refractivity contribution in [3.05, 3.63) is 70.8 Å². The van der Waals surface area contributed by atoms with Gasteiger partial charge in [-0.2, -0.15) is 0 Å². The van der Waals surface area contributed by atoms with Gasteiger partial charge in [-0.25, -0.2) is 0 Å². The summed E-state index contributed by atoms with van der Waals surface area (Å²) >= 11 is 0. The third-order valence-corrected chi connectivity index (χ3v) is 4.80. The molecule has 0 radical (unpaired) electrons. The second-order valence-electron chi connectivity index (χ2n) is 5.12. The van der Waals surface area contributed by atoms with Gasteiger partial charge >= 0.3 is 8.03 Å². The highest BCUT2D eigenvalue weighted by molar-refractivity contribution is 7.36. The summed E-state index contributed by atoms with van der Waals surface area (Å²) in [4.78, 5) is 11.6. The van der Waals surface area contributed by atoms with E-state index in [0.29, 0.717) is 6.42 Å². The van der Waals surface area contributed by atoms with Crippen LogP contribution in [0.1, 0.15) is 34.3 Å². The quantitative estimate of drug-likeness (QED) is 0.777. The predicted octanol–water partition coefficient (Wildman–Crippen LogP) is 4.08. The van der Waals surface area contributed by atoms with Gasteiger partial charge in [-0.15, -0.1) is 0 Å². The number of benzene rings is 2. The zero-order chi connectivity index (χ0) is 14.5. The van der Waals surface area contributed by atoms with Crippen LogP contribution >= 0.6 is 8.03 Å². The lowest BCUT2D eigenvalue weighted by Crippen LogP contribution is -2.05. The van der Waals surface area contributed by atoms with Gasteiger partial charge in [-0.1, -0.05) is 53.1 Å². The molecule has 0 fully saturated rings. The highest BCUT2D eigenvalue weighted by Crippen LogP contribution is 2.39. The molecule has 0 aliphatic heterocycles. The Balaban J connectivity index is 2.18. The molecule has 20 heavy (non-hydrogen) atoms. The lowest BCUT2D eigenvalue weighted by atomic mass is 9.98. The molecular formula is C17H19O2P. The molecule has 0 bridgehead atoms. The van der Waals surface area contributed by atoms with E-state index in [1.165, 1.54) is 11.1 Å². The molecule has 0 N–H and O–H groups in total. The van der Waals surface area contributed by atoms with E-state index in [2.05, 4.69) is 19.1 Å². The fourth-order valence-electron chi connectivity index (χ4n) is 2.52. The zero-order valence-corrected chi connectivity index (χ0v) is 12.8. The molecule has 0 spiro atoms. The SMILES string of the molecule is Cc1ccccc1CCC(c1ccccc1C)[P+](=O)[O-]. The number of rotatable bonds is 5. The molecule has 2 atom stereocenters. The molecule has 0 aromatic heterocycles. The van der Waals surface area contributed by atoms with Crippen LogP contribution in [-0.4, -0.2) is 0 Å². The van der Waals surface area contributed by atoms with Crippen LogP contribution in [0.3, 0.4) is 0 Å². The Morgan fingerprint density at radius 2 is 1.60 bits per heavy atom. The number of hydrogen-bond donors (Lipinski definition) is 0. The van der Waals surface area contributed by atoms with Crippen molar-refractivity contribution in [2.75, 3.05) is 0 Å². The molecule has 104 valence electrons. The second-order valence-corrected chi connectivity index (χ2v) is 6.32. The monoisotopic (exact) mass is 286 g/mol. The molecule has 0 amide bonds. The van der Waals surface area contributed by atoms with Gasteiger partial charge in [-0.3, -0.25) is 0 Å². The Labute approximate surface area is 121 Å². The van der Waals surface area contributed by atoms with Gasteiger partial charge in [0.15, 0.2) is 5.66 Å². The Morgan fingerprint density at radius 1 is 1.00 bits per heavy atom. The maximum absolute atomic E-state index is 11.6. The normalized spacial score (nSPS) is 13.1. The molecule has 2 aromatic rings. The summed E-state index contributed by atoms with van der Waals surface area (Å²) in [5.41, 5.74) is 4.02. The maximum Gasteiger partial charge on any atom is 0.316 e. The van der Waals surface area contributed by atoms with Gasteiger partial charge < -0.3 is 4.89 Å². The third-order valence-electron chi connectivity index (χ3n) is 3.75. The molecule has 2 aromatic carbocycles. The van der Waals surface area contributed by atoms with E-state index < -0.39 is 13.7 Å². The highest BCUT2D eigenvalue weighted by atomic mass is 31.1. The van der Waals surface area contributed by atoms with E-state index in [0.717, 1.165) is 17.5 Å². The lowest BCUT2D eigenvalue weighted by molar-refractivity contribution is -0.166. The van der Waals surface area contributed by atoms with Crippen molar-refractivity contribution in [1.82, 2.24) is 0 Å². The summed E-state index contributed by atoms with van der Waals surface area (Å²) < 4.78 is 11.6. The largest absolute Gasteiger partial charge is 0.595 e. The maximum atomic E-state index is 11.6. The van der Waals surface area contributed by atoms with Crippen LogP contribution in [-0.2, 0) is 11.0 Å². The molecule has 2 nitrogen and oxygen atoms in total.